The molecule has 15 heavy (non-hydrogen) atoms. The summed E-state index contributed by atoms with van der Waals surface area (Å²) in [7, 11) is 1.67. The summed E-state index contributed by atoms with van der Waals surface area (Å²) in [6.07, 6.45) is 0. The molecule has 0 saturated carbocycles. The predicted molar refractivity (Wildman–Crippen MR) is 68.3 cm³/mol. The van der Waals surface area contributed by atoms with E-state index < -0.39 is 0 Å². The van der Waals surface area contributed by atoms with Crippen molar-refractivity contribution in [1.82, 2.24) is 10.6 Å². The van der Waals surface area contributed by atoms with Crippen molar-refractivity contribution in [2.24, 2.45) is 5.92 Å². The van der Waals surface area contributed by atoms with Crippen molar-refractivity contribution < 1.29 is 4.79 Å². The molecule has 0 aliphatic heterocycles. The fourth-order valence-electron chi connectivity index (χ4n) is 1.25. The molecule has 0 bridgehead atoms. The molecule has 0 aromatic carbocycles. The van der Waals surface area contributed by atoms with Gasteiger partial charge in [-0.3, -0.25) is 4.79 Å². The Morgan fingerprint density at radius 2 is 1.80 bits per heavy atom. The normalized spacial score (nSPS) is 15.1. The lowest BCUT2D eigenvalue weighted by Gasteiger charge is -2.18. The third-order valence-electron chi connectivity index (χ3n) is 1.99. The largest absolute Gasteiger partial charge is 0.358 e. The molecule has 4 heteroatoms. The van der Waals surface area contributed by atoms with Crippen molar-refractivity contribution in [3.8, 4) is 0 Å². The van der Waals surface area contributed by atoms with Gasteiger partial charge in [-0.05, 0) is 25.5 Å². The first-order valence-corrected chi connectivity index (χ1v) is 6.68. The number of hydrogen-bond acceptors (Lipinski definition) is 3. The zero-order valence-corrected chi connectivity index (χ0v) is 11.3. The number of rotatable bonds is 7. The summed E-state index contributed by atoms with van der Waals surface area (Å²) >= 11 is 1.94. The minimum atomic E-state index is -0.107. The molecule has 90 valence electrons. The fraction of sp³-hybridized carbons (Fsp3) is 0.909. The van der Waals surface area contributed by atoms with E-state index in [2.05, 4.69) is 31.4 Å². The lowest BCUT2D eigenvalue weighted by molar-refractivity contribution is -0.122. The molecule has 1 unspecified atom stereocenters. The maximum Gasteiger partial charge on any atom is 0.236 e. The molecule has 0 aliphatic carbocycles. The first-order chi connectivity index (χ1) is 6.97. The summed E-state index contributed by atoms with van der Waals surface area (Å²) < 4.78 is 0. The summed E-state index contributed by atoms with van der Waals surface area (Å²) in [5, 5.41) is 5.91. The van der Waals surface area contributed by atoms with Crippen LogP contribution in [0.25, 0.3) is 0 Å². The maximum absolute atomic E-state index is 11.2. The minimum absolute atomic E-state index is 0.0516. The molecule has 0 aliphatic rings. The Kier molecular flexibility index (Phi) is 7.88. The lowest BCUT2D eigenvalue weighted by atomic mass is 10.2. The summed E-state index contributed by atoms with van der Waals surface area (Å²) in [5.41, 5.74) is 0. The second-order valence-electron chi connectivity index (χ2n) is 4.33. The molecule has 0 fully saturated rings. The van der Waals surface area contributed by atoms with Gasteiger partial charge in [0, 0.05) is 18.8 Å². The zero-order valence-electron chi connectivity index (χ0n) is 10.5. The molecular weight excluding hydrogens is 208 g/mol. The van der Waals surface area contributed by atoms with E-state index in [0.717, 1.165) is 11.7 Å². The quantitative estimate of drug-likeness (QED) is 0.699. The Hall–Kier alpha value is -0.220. The van der Waals surface area contributed by atoms with Gasteiger partial charge in [0.2, 0.25) is 5.91 Å². The third kappa shape index (κ3) is 7.68. The molecule has 3 nitrogen and oxygen atoms in total. The van der Waals surface area contributed by atoms with Gasteiger partial charge in [0.1, 0.15) is 0 Å². The predicted octanol–water partition coefficient (Wildman–Crippen LogP) is 1.49. The Balaban J connectivity index is 3.64. The Morgan fingerprint density at radius 1 is 1.20 bits per heavy atom. The van der Waals surface area contributed by atoms with Crippen molar-refractivity contribution in [2.75, 3.05) is 18.6 Å². The molecular formula is C11H24N2OS. The van der Waals surface area contributed by atoms with Crippen molar-refractivity contribution in [2.45, 2.75) is 39.8 Å². The molecule has 0 heterocycles. The summed E-state index contributed by atoms with van der Waals surface area (Å²) in [5.74, 6) is 3.02. The maximum atomic E-state index is 11.2. The molecule has 0 rings (SSSR count). The monoisotopic (exact) mass is 232 g/mol. The Labute approximate surface area is 97.8 Å². The molecule has 0 aromatic heterocycles. The highest BCUT2D eigenvalue weighted by Gasteiger charge is 2.13. The minimum Gasteiger partial charge on any atom is -0.358 e. The van der Waals surface area contributed by atoms with Gasteiger partial charge in [-0.25, -0.2) is 0 Å². The topological polar surface area (TPSA) is 41.1 Å². The second-order valence-corrected chi connectivity index (χ2v) is 5.41. The van der Waals surface area contributed by atoms with Gasteiger partial charge in [-0.15, -0.1) is 0 Å². The fourth-order valence-corrected chi connectivity index (χ4v) is 2.30. The van der Waals surface area contributed by atoms with E-state index in [1.54, 1.807) is 7.05 Å². The summed E-state index contributed by atoms with van der Waals surface area (Å²) in [6.45, 7) is 8.45. The van der Waals surface area contributed by atoms with Crippen molar-refractivity contribution in [3.05, 3.63) is 0 Å². The van der Waals surface area contributed by atoms with E-state index in [9.17, 15) is 4.79 Å². The van der Waals surface area contributed by atoms with Crippen LogP contribution in [0.4, 0.5) is 0 Å². The first kappa shape index (κ1) is 14.8. The van der Waals surface area contributed by atoms with E-state index in [1.807, 2.05) is 18.7 Å². The van der Waals surface area contributed by atoms with Crippen molar-refractivity contribution in [3.63, 3.8) is 0 Å². The number of carbonyl (C=O) groups excluding carboxylic acids is 1. The van der Waals surface area contributed by atoms with Gasteiger partial charge in [0.15, 0.2) is 0 Å². The van der Waals surface area contributed by atoms with Gasteiger partial charge >= 0.3 is 0 Å². The van der Waals surface area contributed by atoms with Crippen molar-refractivity contribution in [1.29, 1.82) is 0 Å². The smallest absolute Gasteiger partial charge is 0.236 e. The molecule has 2 N–H and O–H groups in total. The Bertz CT molecular complexity index is 185. The van der Waals surface area contributed by atoms with E-state index in [0.29, 0.717) is 6.04 Å². The van der Waals surface area contributed by atoms with Crippen LogP contribution in [0.2, 0.25) is 0 Å². The van der Waals surface area contributed by atoms with E-state index in [4.69, 9.17) is 0 Å². The molecule has 2 atom stereocenters. The van der Waals surface area contributed by atoms with Crippen LogP contribution in [0.1, 0.15) is 27.7 Å². The first-order valence-electron chi connectivity index (χ1n) is 5.52. The second kappa shape index (κ2) is 7.99. The van der Waals surface area contributed by atoms with E-state index >= 15 is 0 Å². The number of amides is 1. The number of nitrogens with one attached hydrogen (secondary N) is 2. The van der Waals surface area contributed by atoms with E-state index in [-0.39, 0.29) is 11.9 Å². The summed E-state index contributed by atoms with van der Waals surface area (Å²) in [6, 6.07) is 0.269. The summed E-state index contributed by atoms with van der Waals surface area (Å²) in [4.78, 5) is 11.2. The zero-order chi connectivity index (χ0) is 11.8. The van der Waals surface area contributed by atoms with Gasteiger partial charge in [-0.1, -0.05) is 13.8 Å². The van der Waals surface area contributed by atoms with Crippen LogP contribution in [0.15, 0.2) is 0 Å². The SMILES string of the molecule is CNC(=O)[C@@H](C)NC(C)CSCC(C)C. The van der Waals surface area contributed by atoms with E-state index in [1.165, 1.54) is 5.75 Å². The molecule has 0 saturated heterocycles. The van der Waals surface area contributed by atoms with Crippen LogP contribution < -0.4 is 10.6 Å². The van der Waals surface area contributed by atoms with Crippen LogP contribution in [0.3, 0.4) is 0 Å². The molecule has 0 radical (unpaired) electrons. The number of carbonyl (C=O) groups is 1. The molecule has 1 amide bonds. The van der Waals surface area contributed by atoms with Gasteiger partial charge in [-0.2, -0.15) is 11.8 Å². The van der Waals surface area contributed by atoms with Gasteiger partial charge < -0.3 is 10.6 Å². The number of thioether (sulfide) groups is 1. The van der Waals surface area contributed by atoms with Gasteiger partial charge in [0.05, 0.1) is 6.04 Å². The standard InChI is InChI=1S/C11H24N2OS/c1-8(2)6-15-7-9(3)13-10(4)11(14)12-5/h8-10,13H,6-7H2,1-5H3,(H,12,14)/t9?,10-/m1/s1. The highest BCUT2D eigenvalue weighted by atomic mass is 32.2. The van der Waals surface area contributed by atoms with Crippen LogP contribution in [0.5, 0.6) is 0 Å². The molecule has 0 spiro atoms. The van der Waals surface area contributed by atoms with Crippen LogP contribution in [-0.4, -0.2) is 36.5 Å². The average Bonchev–Trinajstić information content (AvgIpc) is 2.15. The van der Waals surface area contributed by atoms with Crippen LogP contribution >= 0.6 is 11.8 Å². The highest BCUT2D eigenvalue weighted by Crippen LogP contribution is 2.08. The number of hydrogen-bond donors (Lipinski definition) is 2. The highest BCUT2D eigenvalue weighted by molar-refractivity contribution is 7.99. The third-order valence-corrected chi connectivity index (χ3v) is 3.63. The molecule has 0 aromatic rings. The van der Waals surface area contributed by atoms with Gasteiger partial charge in [0.25, 0.3) is 0 Å². The Morgan fingerprint density at radius 3 is 2.27 bits per heavy atom. The van der Waals surface area contributed by atoms with Crippen LogP contribution in [0, 0.1) is 5.92 Å². The lowest BCUT2D eigenvalue weighted by Crippen LogP contribution is -2.45. The van der Waals surface area contributed by atoms with Crippen LogP contribution in [-0.2, 0) is 4.79 Å². The average molecular weight is 232 g/mol. The number of likely N-dealkylation sites (N-methyl/N-ethyl adjacent to an activating group) is 1. The van der Waals surface area contributed by atoms with Crippen molar-refractivity contribution >= 4 is 17.7 Å².